The first kappa shape index (κ1) is 18.0. The topological polar surface area (TPSA) is 86.6 Å². The molecule has 0 radical (unpaired) electrons. The number of para-hydroxylation sites is 1. The first-order valence-electron chi connectivity index (χ1n) is 6.32. The molecule has 124 valence electrons. The van der Waals surface area contributed by atoms with E-state index in [1.165, 1.54) is 24.3 Å². The van der Waals surface area contributed by atoms with Crippen LogP contribution in [0.4, 0.5) is 4.39 Å². The predicted octanol–water partition coefficient (Wildman–Crippen LogP) is 2.85. The molecule has 0 heterocycles. The van der Waals surface area contributed by atoms with Crippen molar-refractivity contribution in [3.05, 3.63) is 57.8 Å². The molecule has 0 bridgehead atoms. The number of hydrogen-bond acceptors (Lipinski definition) is 4. The fourth-order valence-corrected chi connectivity index (χ4v) is 3.59. The van der Waals surface area contributed by atoms with Crippen LogP contribution in [-0.4, -0.2) is 25.2 Å². The van der Waals surface area contributed by atoms with Crippen molar-refractivity contribution in [2.75, 3.05) is 6.61 Å². The quantitative estimate of drug-likeness (QED) is 0.745. The standard InChI is InChI=1S/C14H12Cl2FNO4S/c15-9-5-4-8(6-11(9)17)12(7-19)18-23(21,22)13-3-1-2-10(16)14(13)20/h1-6,12,18-20H,7H2. The molecule has 1 unspecified atom stereocenters. The van der Waals surface area contributed by atoms with E-state index in [0.717, 1.165) is 12.1 Å². The Hall–Kier alpha value is -1.38. The number of hydrogen-bond donors (Lipinski definition) is 3. The third-order valence-corrected chi connectivity index (χ3v) is 5.18. The highest BCUT2D eigenvalue weighted by atomic mass is 35.5. The monoisotopic (exact) mass is 379 g/mol. The summed E-state index contributed by atoms with van der Waals surface area (Å²) in [5, 5.41) is 18.9. The molecule has 0 aromatic heterocycles. The Morgan fingerprint density at radius 2 is 1.87 bits per heavy atom. The number of sulfonamides is 1. The van der Waals surface area contributed by atoms with Crippen LogP contribution in [0.2, 0.25) is 10.0 Å². The van der Waals surface area contributed by atoms with Gasteiger partial charge in [-0.25, -0.2) is 17.5 Å². The van der Waals surface area contributed by atoms with Crippen LogP contribution in [0.15, 0.2) is 41.3 Å². The second kappa shape index (κ2) is 7.02. The Morgan fingerprint density at radius 1 is 1.17 bits per heavy atom. The number of rotatable bonds is 5. The van der Waals surface area contributed by atoms with Crippen molar-refractivity contribution in [1.82, 2.24) is 4.72 Å². The highest BCUT2D eigenvalue weighted by Gasteiger charge is 2.25. The van der Waals surface area contributed by atoms with Crippen LogP contribution < -0.4 is 4.72 Å². The molecule has 1 atom stereocenters. The van der Waals surface area contributed by atoms with Gasteiger partial charge in [-0.05, 0) is 29.8 Å². The summed E-state index contributed by atoms with van der Waals surface area (Å²) in [7, 11) is -4.20. The van der Waals surface area contributed by atoms with Gasteiger partial charge in [0, 0.05) is 0 Å². The third kappa shape index (κ3) is 3.94. The minimum atomic E-state index is -4.20. The molecular weight excluding hydrogens is 368 g/mol. The number of aromatic hydroxyl groups is 1. The van der Waals surface area contributed by atoms with Crippen LogP contribution in [-0.2, 0) is 10.0 Å². The maximum Gasteiger partial charge on any atom is 0.244 e. The summed E-state index contributed by atoms with van der Waals surface area (Å²) in [4.78, 5) is -0.446. The zero-order valence-electron chi connectivity index (χ0n) is 11.5. The molecule has 0 aliphatic carbocycles. The molecule has 0 fully saturated rings. The molecule has 3 N–H and O–H groups in total. The van der Waals surface area contributed by atoms with Crippen LogP contribution >= 0.6 is 23.2 Å². The smallest absolute Gasteiger partial charge is 0.244 e. The van der Waals surface area contributed by atoms with Gasteiger partial charge in [-0.2, -0.15) is 0 Å². The molecule has 0 spiro atoms. The summed E-state index contributed by atoms with van der Waals surface area (Å²) in [6.45, 7) is -0.623. The molecule has 2 rings (SSSR count). The molecular formula is C14H12Cl2FNO4S. The van der Waals surface area contributed by atoms with Gasteiger partial charge in [0.15, 0.2) is 5.75 Å². The van der Waals surface area contributed by atoms with E-state index in [1.807, 2.05) is 0 Å². The SMILES string of the molecule is O=S(=O)(NC(CO)c1ccc(Cl)c(F)c1)c1cccc(Cl)c1O. The number of aliphatic hydroxyl groups excluding tert-OH is 1. The number of phenolic OH excluding ortho intramolecular Hbond substituents is 1. The molecule has 9 heteroatoms. The number of halogens is 3. The molecule has 0 aliphatic rings. The predicted molar refractivity (Wildman–Crippen MR) is 84.7 cm³/mol. The lowest BCUT2D eigenvalue weighted by molar-refractivity contribution is 0.258. The number of benzene rings is 2. The van der Waals surface area contributed by atoms with E-state index in [2.05, 4.69) is 4.72 Å². The van der Waals surface area contributed by atoms with Gasteiger partial charge in [0.05, 0.1) is 22.7 Å². The summed E-state index contributed by atoms with van der Waals surface area (Å²) in [6.07, 6.45) is 0. The van der Waals surface area contributed by atoms with Crippen LogP contribution in [0.25, 0.3) is 0 Å². The van der Waals surface area contributed by atoms with Crippen molar-refractivity contribution in [2.45, 2.75) is 10.9 Å². The minimum Gasteiger partial charge on any atom is -0.505 e. The molecule has 0 saturated carbocycles. The van der Waals surface area contributed by atoms with E-state index in [1.54, 1.807) is 0 Å². The van der Waals surface area contributed by atoms with E-state index in [4.69, 9.17) is 23.2 Å². The first-order chi connectivity index (χ1) is 10.8. The van der Waals surface area contributed by atoms with Gasteiger partial charge in [-0.3, -0.25) is 0 Å². The molecule has 0 aliphatic heterocycles. The lowest BCUT2D eigenvalue weighted by atomic mass is 10.1. The van der Waals surface area contributed by atoms with Crippen molar-refractivity contribution in [3.63, 3.8) is 0 Å². The lowest BCUT2D eigenvalue weighted by Crippen LogP contribution is -2.31. The van der Waals surface area contributed by atoms with Crippen LogP contribution in [0.3, 0.4) is 0 Å². The third-order valence-electron chi connectivity index (χ3n) is 3.07. The van der Waals surface area contributed by atoms with Crippen LogP contribution in [0.1, 0.15) is 11.6 Å². The van der Waals surface area contributed by atoms with E-state index in [9.17, 15) is 23.0 Å². The van der Waals surface area contributed by atoms with Gasteiger partial charge < -0.3 is 10.2 Å². The van der Waals surface area contributed by atoms with Crippen molar-refractivity contribution in [1.29, 1.82) is 0 Å². The van der Waals surface area contributed by atoms with Gasteiger partial charge in [-0.15, -0.1) is 0 Å². The fourth-order valence-electron chi connectivity index (χ4n) is 1.90. The Balaban J connectivity index is 2.37. The van der Waals surface area contributed by atoms with Crippen molar-refractivity contribution < 1.29 is 23.0 Å². The molecule has 0 amide bonds. The molecule has 2 aromatic carbocycles. The normalized spacial score (nSPS) is 13.0. The van der Waals surface area contributed by atoms with Gasteiger partial charge in [0.2, 0.25) is 10.0 Å². The van der Waals surface area contributed by atoms with E-state index >= 15 is 0 Å². The van der Waals surface area contributed by atoms with E-state index < -0.39 is 39.1 Å². The van der Waals surface area contributed by atoms with Gasteiger partial charge in [0.1, 0.15) is 10.7 Å². The van der Waals surface area contributed by atoms with Gasteiger partial charge in [0.25, 0.3) is 0 Å². The lowest BCUT2D eigenvalue weighted by Gasteiger charge is -2.18. The second-order valence-electron chi connectivity index (χ2n) is 4.62. The summed E-state index contributed by atoms with van der Waals surface area (Å²) in [5.41, 5.74) is 0.180. The second-order valence-corrected chi connectivity index (χ2v) is 7.11. The summed E-state index contributed by atoms with van der Waals surface area (Å²) < 4.78 is 40.4. The zero-order valence-corrected chi connectivity index (χ0v) is 13.8. The van der Waals surface area contributed by atoms with Gasteiger partial charge in [-0.1, -0.05) is 35.3 Å². The molecule has 0 saturated heterocycles. The number of phenols is 1. The fraction of sp³-hybridized carbons (Fsp3) is 0.143. The summed E-state index contributed by atoms with van der Waals surface area (Å²) in [6, 6.07) is 6.36. The zero-order chi connectivity index (χ0) is 17.2. The maximum absolute atomic E-state index is 13.5. The van der Waals surface area contributed by atoms with E-state index in [-0.39, 0.29) is 15.6 Å². The molecule has 23 heavy (non-hydrogen) atoms. The number of nitrogens with one attached hydrogen (secondary N) is 1. The Labute approximate surface area is 142 Å². The van der Waals surface area contributed by atoms with Crippen molar-refractivity contribution in [2.24, 2.45) is 0 Å². The molecule has 2 aromatic rings. The number of aliphatic hydroxyl groups is 1. The minimum absolute atomic E-state index is 0.124. The first-order valence-corrected chi connectivity index (χ1v) is 8.56. The van der Waals surface area contributed by atoms with Crippen LogP contribution in [0.5, 0.6) is 5.75 Å². The Bertz CT molecular complexity index is 830. The van der Waals surface area contributed by atoms with Crippen molar-refractivity contribution in [3.8, 4) is 5.75 Å². The highest BCUT2D eigenvalue weighted by Crippen LogP contribution is 2.31. The molecule has 5 nitrogen and oxygen atoms in total. The summed E-state index contributed by atoms with van der Waals surface area (Å²) in [5.74, 6) is -1.35. The van der Waals surface area contributed by atoms with E-state index in [0.29, 0.717) is 0 Å². The summed E-state index contributed by atoms with van der Waals surface area (Å²) >= 11 is 11.3. The van der Waals surface area contributed by atoms with Gasteiger partial charge >= 0.3 is 0 Å². The average molecular weight is 380 g/mol. The Kier molecular flexibility index (Phi) is 5.49. The average Bonchev–Trinajstić information content (AvgIpc) is 2.50. The van der Waals surface area contributed by atoms with Crippen LogP contribution in [0, 0.1) is 5.82 Å². The van der Waals surface area contributed by atoms with Crippen molar-refractivity contribution >= 4 is 33.2 Å². The largest absolute Gasteiger partial charge is 0.505 e. The maximum atomic E-state index is 13.5. The Morgan fingerprint density at radius 3 is 2.48 bits per heavy atom. The highest BCUT2D eigenvalue weighted by molar-refractivity contribution is 7.89.